The van der Waals surface area contributed by atoms with Crippen LogP contribution in [0.1, 0.15) is 5.76 Å². The molecule has 2 N–H and O–H groups in total. The summed E-state index contributed by atoms with van der Waals surface area (Å²) < 4.78 is 43.7. The van der Waals surface area contributed by atoms with Gasteiger partial charge < -0.3 is 9.52 Å². The number of rotatable bonds is 4. The lowest BCUT2D eigenvalue weighted by Crippen LogP contribution is -2.12. The van der Waals surface area contributed by atoms with Gasteiger partial charge in [-0.15, -0.1) is 0 Å². The van der Waals surface area contributed by atoms with Crippen molar-refractivity contribution >= 4 is 15.7 Å². The summed E-state index contributed by atoms with van der Waals surface area (Å²) in [6.45, 7) is -0.393. The van der Waals surface area contributed by atoms with E-state index >= 15 is 0 Å². The van der Waals surface area contributed by atoms with Gasteiger partial charge in [-0.25, -0.2) is 4.39 Å². The van der Waals surface area contributed by atoms with Gasteiger partial charge >= 0.3 is 0 Å². The Labute approximate surface area is 103 Å². The zero-order valence-corrected chi connectivity index (χ0v) is 9.95. The second kappa shape index (κ2) is 4.79. The summed E-state index contributed by atoms with van der Waals surface area (Å²) >= 11 is 0. The molecule has 1 aromatic carbocycles. The average Bonchev–Trinajstić information content (AvgIpc) is 2.77. The van der Waals surface area contributed by atoms with E-state index in [0.29, 0.717) is 0 Å². The smallest absolute Gasteiger partial charge is 0.295 e. The van der Waals surface area contributed by atoms with E-state index in [1.54, 1.807) is 0 Å². The first-order valence-corrected chi connectivity index (χ1v) is 6.47. The molecule has 0 bridgehead atoms. The van der Waals surface area contributed by atoms with Crippen LogP contribution in [0.25, 0.3) is 0 Å². The Morgan fingerprint density at radius 3 is 2.67 bits per heavy atom. The molecule has 0 atom stereocenters. The van der Waals surface area contributed by atoms with Crippen molar-refractivity contribution < 1.29 is 22.3 Å². The highest BCUT2D eigenvalue weighted by atomic mass is 32.2. The quantitative estimate of drug-likeness (QED) is 0.887. The summed E-state index contributed by atoms with van der Waals surface area (Å²) in [5, 5.41) is 8.45. The van der Waals surface area contributed by atoms with E-state index < -0.39 is 22.4 Å². The molecule has 0 saturated heterocycles. The molecule has 0 unspecified atom stereocenters. The van der Waals surface area contributed by atoms with E-state index in [2.05, 4.69) is 4.72 Å². The first-order chi connectivity index (χ1) is 8.51. The van der Waals surface area contributed by atoms with Crippen LogP contribution in [-0.4, -0.2) is 13.5 Å². The van der Waals surface area contributed by atoms with Crippen molar-refractivity contribution in [3.8, 4) is 0 Å². The highest BCUT2D eigenvalue weighted by Gasteiger charge is 2.18. The predicted molar refractivity (Wildman–Crippen MR) is 61.8 cm³/mol. The molecule has 1 heterocycles. The predicted octanol–water partition coefficient (Wildman–Crippen LogP) is 1.71. The molecule has 18 heavy (non-hydrogen) atoms. The minimum atomic E-state index is -3.91. The van der Waals surface area contributed by atoms with E-state index in [1.165, 1.54) is 30.3 Å². The summed E-state index contributed by atoms with van der Waals surface area (Å²) in [7, 11) is -3.91. The molecule has 2 aromatic rings. The Bertz CT molecular complexity index is 651. The second-order valence-electron chi connectivity index (χ2n) is 3.49. The van der Waals surface area contributed by atoms with Crippen molar-refractivity contribution in [2.75, 3.05) is 4.72 Å². The maximum Gasteiger partial charge on any atom is 0.295 e. The van der Waals surface area contributed by atoms with Gasteiger partial charge in [0.2, 0.25) is 5.09 Å². The third-order valence-corrected chi connectivity index (χ3v) is 3.39. The Kier molecular flexibility index (Phi) is 3.35. The van der Waals surface area contributed by atoms with Crippen LogP contribution >= 0.6 is 0 Å². The number of nitrogens with one attached hydrogen (secondary N) is 1. The van der Waals surface area contributed by atoms with Crippen LogP contribution in [0.3, 0.4) is 0 Å². The number of hydrogen-bond acceptors (Lipinski definition) is 4. The van der Waals surface area contributed by atoms with Gasteiger partial charge in [-0.2, -0.15) is 8.42 Å². The summed E-state index contributed by atoms with van der Waals surface area (Å²) in [6, 6.07) is 7.61. The van der Waals surface area contributed by atoms with Crippen LogP contribution < -0.4 is 4.72 Å². The van der Waals surface area contributed by atoms with E-state index in [9.17, 15) is 12.8 Å². The fraction of sp³-hybridized carbons (Fsp3) is 0.0909. The van der Waals surface area contributed by atoms with Crippen LogP contribution in [0, 0.1) is 5.82 Å². The Hall–Kier alpha value is -1.86. The van der Waals surface area contributed by atoms with E-state index in [-0.39, 0.29) is 16.5 Å². The molecule has 0 aliphatic rings. The molecule has 0 amide bonds. The van der Waals surface area contributed by atoms with Crippen molar-refractivity contribution in [2.45, 2.75) is 11.7 Å². The number of benzene rings is 1. The van der Waals surface area contributed by atoms with Crippen molar-refractivity contribution in [1.82, 2.24) is 0 Å². The minimum absolute atomic E-state index is 0.0944. The molecular formula is C11H10FNO4S. The molecule has 0 spiro atoms. The van der Waals surface area contributed by atoms with Gasteiger partial charge in [0.1, 0.15) is 18.2 Å². The summed E-state index contributed by atoms with van der Waals surface area (Å²) in [5.74, 6) is -0.416. The SMILES string of the molecule is O=S(=O)(Nc1cccc(F)c1)c1ccc(CO)o1. The van der Waals surface area contributed by atoms with Crippen molar-refractivity contribution in [2.24, 2.45) is 0 Å². The topological polar surface area (TPSA) is 79.5 Å². The largest absolute Gasteiger partial charge is 0.445 e. The number of halogens is 1. The van der Waals surface area contributed by atoms with E-state index in [0.717, 1.165) is 6.07 Å². The van der Waals surface area contributed by atoms with Gasteiger partial charge in [-0.3, -0.25) is 4.72 Å². The molecule has 0 aliphatic heterocycles. The molecule has 0 aliphatic carbocycles. The van der Waals surface area contributed by atoms with Gasteiger partial charge in [0.05, 0.1) is 5.69 Å². The van der Waals surface area contributed by atoms with Gasteiger partial charge in [-0.05, 0) is 30.3 Å². The van der Waals surface area contributed by atoms with Crippen LogP contribution in [0.4, 0.5) is 10.1 Å². The van der Waals surface area contributed by atoms with E-state index in [1.807, 2.05) is 0 Å². The first-order valence-electron chi connectivity index (χ1n) is 4.99. The fourth-order valence-electron chi connectivity index (χ4n) is 1.35. The van der Waals surface area contributed by atoms with Gasteiger partial charge in [0, 0.05) is 0 Å². The zero-order valence-electron chi connectivity index (χ0n) is 9.13. The van der Waals surface area contributed by atoms with Crippen molar-refractivity contribution in [3.63, 3.8) is 0 Å². The lowest BCUT2D eigenvalue weighted by atomic mass is 10.3. The van der Waals surface area contributed by atoms with Crippen molar-refractivity contribution in [3.05, 3.63) is 48.0 Å². The van der Waals surface area contributed by atoms with Crippen LogP contribution in [0.5, 0.6) is 0 Å². The summed E-state index contributed by atoms with van der Waals surface area (Å²) in [5.41, 5.74) is 0.0944. The average molecular weight is 271 g/mol. The lowest BCUT2D eigenvalue weighted by Gasteiger charge is -2.05. The number of furan rings is 1. The van der Waals surface area contributed by atoms with Crippen molar-refractivity contribution in [1.29, 1.82) is 0 Å². The normalized spacial score (nSPS) is 11.4. The first kappa shape index (κ1) is 12.6. The third kappa shape index (κ3) is 2.69. The molecule has 96 valence electrons. The van der Waals surface area contributed by atoms with Gasteiger partial charge in [0.15, 0.2) is 0 Å². The summed E-state index contributed by atoms with van der Waals surface area (Å²) in [6.07, 6.45) is 0. The number of anilines is 1. The fourth-order valence-corrected chi connectivity index (χ4v) is 2.35. The number of aliphatic hydroxyl groups excluding tert-OH is 1. The Morgan fingerprint density at radius 2 is 2.06 bits per heavy atom. The minimum Gasteiger partial charge on any atom is -0.445 e. The zero-order chi connectivity index (χ0) is 13.2. The lowest BCUT2D eigenvalue weighted by molar-refractivity contribution is 0.236. The molecule has 1 aromatic heterocycles. The van der Waals surface area contributed by atoms with Gasteiger partial charge in [0.25, 0.3) is 10.0 Å². The Balaban J connectivity index is 2.27. The number of hydrogen-bond donors (Lipinski definition) is 2. The Morgan fingerprint density at radius 1 is 1.28 bits per heavy atom. The van der Waals surface area contributed by atoms with Crippen LogP contribution in [0.2, 0.25) is 0 Å². The summed E-state index contributed by atoms with van der Waals surface area (Å²) in [4.78, 5) is 0. The second-order valence-corrected chi connectivity index (χ2v) is 5.11. The molecule has 7 heteroatoms. The molecular weight excluding hydrogens is 261 g/mol. The van der Waals surface area contributed by atoms with Gasteiger partial charge in [-0.1, -0.05) is 6.07 Å². The monoisotopic (exact) mass is 271 g/mol. The third-order valence-electron chi connectivity index (χ3n) is 2.13. The standard InChI is InChI=1S/C11H10FNO4S/c12-8-2-1-3-9(6-8)13-18(15,16)11-5-4-10(7-14)17-11/h1-6,13-14H,7H2. The van der Waals surface area contributed by atoms with Crippen LogP contribution in [0.15, 0.2) is 45.9 Å². The molecule has 2 rings (SSSR count). The maximum atomic E-state index is 12.9. The van der Waals surface area contributed by atoms with E-state index in [4.69, 9.17) is 9.52 Å². The number of aliphatic hydroxyl groups is 1. The number of sulfonamides is 1. The van der Waals surface area contributed by atoms with Crippen LogP contribution in [-0.2, 0) is 16.6 Å². The highest BCUT2D eigenvalue weighted by Crippen LogP contribution is 2.18. The molecule has 5 nitrogen and oxygen atoms in total. The maximum absolute atomic E-state index is 12.9. The molecule has 0 saturated carbocycles. The molecule has 0 radical (unpaired) electrons. The molecule has 0 fully saturated rings. The highest BCUT2D eigenvalue weighted by molar-refractivity contribution is 7.92.